The van der Waals surface area contributed by atoms with Gasteiger partial charge in [0.25, 0.3) is 0 Å². The Morgan fingerprint density at radius 2 is 1.05 bits per heavy atom. The normalized spacial score (nSPS) is 11.9. The zero-order chi connectivity index (χ0) is 14.7. The quantitative estimate of drug-likeness (QED) is 0.167. The van der Waals surface area contributed by atoms with Crippen LogP contribution >= 0.6 is 11.6 Å². The minimum atomic E-state index is 0.835. The molecule has 0 unspecified atom stereocenters. The minimum Gasteiger partial charge on any atom is -0.127 e. The van der Waals surface area contributed by atoms with Gasteiger partial charge in [-0.3, -0.25) is 0 Å². The van der Waals surface area contributed by atoms with Crippen molar-refractivity contribution in [3.05, 3.63) is 24.3 Å². The first kappa shape index (κ1) is 19.8. The summed E-state index contributed by atoms with van der Waals surface area (Å²) in [6.45, 7) is 2.24. The highest BCUT2D eigenvalue weighted by Crippen LogP contribution is 2.11. The maximum atomic E-state index is 5.66. The fraction of sp³-hybridized carbons (Fsp3) is 0.789. The number of allylic oxidation sites excluding steroid dienone is 4. The Balaban J connectivity index is 3.09. The van der Waals surface area contributed by atoms with Gasteiger partial charge in [0.15, 0.2) is 0 Å². The van der Waals surface area contributed by atoms with E-state index in [9.17, 15) is 0 Å². The van der Waals surface area contributed by atoms with Crippen molar-refractivity contribution in [3.8, 4) is 0 Å². The van der Waals surface area contributed by atoms with Crippen molar-refractivity contribution >= 4 is 11.6 Å². The second-order valence-corrected chi connectivity index (χ2v) is 6.04. The van der Waals surface area contributed by atoms with Crippen LogP contribution < -0.4 is 0 Å². The molecule has 0 heterocycles. The third-order valence-electron chi connectivity index (χ3n) is 3.61. The van der Waals surface area contributed by atoms with Crippen LogP contribution in [0.2, 0.25) is 0 Å². The van der Waals surface area contributed by atoms with E-state index in [2.05, 4.69) is 31.2 Å². The van der Waals surface area contributed by atoms with Crippen LogP contribution in [0.4, 0.5) is 0 Å². The average Bonchev–Trinajstić information content (AvgIpc) is 2.47. The predicted molar refractivity (Wildman–Crippen MR) is 94.7 cm³/mol. The molecule has 0 N–H and O–H groups in total. The van der Waals surface area contributed by atoms with Crippen LogP contribution in [0.15, 0.2) is 24.3 Å². The number of halogens is 1. The Kier molecular flexibility index (Phi) is 18.6. The molecule has 0 aliphatic carbocycles. The third kappa shape index (κ3) is 17.8. The zero-order valence-corrected chi connectivity index (χ0v) is 14.3. The molecule has 0 saturated heterocycles. The van der Waals surface area contributed by atoms with Crippen LogP contribution in [0, 0.1) is 0 Å². The molecule has 1 heteroatoms. The lowest BCUT2D eigenvalue weighted by Crippen LogP contribution is -1.82. The summed E-state index contributed by atoms with van der Waals surface area (Å²) in [6, 6.07) is 0. The fourth-order valence-corrected chi connectivity index (χ4v) is 2.45. The van der Waals surface area contributed by atoms with Crippen molar-refractivity contribution in [3.63, 3.8) is 0 Å². The van der Waals surface area contributed by atoms with Crippen LogP contribution in [0.1, 0.15) is 90.4 Å². The van der Waals surface area contributed by atoms with Crippen LogP contribution in [0.3, 0.4) is 0 Å². The van der Waals surface area contributed by atoms with Gasteiger partial charge < -0.3 is 0 Å². The van der Waals surface area contributed by atoms with E-state index in [1.165, 1.54) is 83.5 Å². The molecule has 0 aromatic rings. The lowest BCUT2D eigenvalue weighted by Gasteiger charge is -2.00. The highest BCUT2D eigenvalue weighted by atomic mass is 35.5. The molecule has 0 amide bonds. The molecule has 0 radical (unpaired) electrons. The fourth-order valence-electron chi connectivity index (χ4n) is 2.27. The molecular weight excluding hydrogens is 264 g/mol. The molecule has 0 aromatic heterocycles. The molecule has 0 rings (SSSR count). The molecule has 20 heavy (non-hydrogen) atoms. The van der Waals surface area contributed by atoms with Gasteiger partial charge in [0, 0.05) is 5.88 Å². The lowest BCUT2D eigenvalue weighted by molar-refractivity contribution is 0.567. The van der Waals surface area contributed by atoms with Crippen molar-refractivity contribution in [1.82, 2.24) is 0 Å². The summed E-state index contributed by atoms with van der Waals surface area (Å²) < 4.78 is 0. The van der Waals surface area contributed by atoms with Gasteiger partial charge in [0.05, 0.1) is 0 Å². The lowest BCUT2D eigenvalue weighted by atomic mass is 10.1. The van der Waals surface area contributed by atoms with Gasteiger partial charge in [-0.2, -0.15) is 0 Å². The predicted octanol–water partition coefficient (Wildman–Crippen LogP) is 7.43. The van der Waals surface area contributed by atoms with Crippen LogP contribution in [-0.4, -0.2) is 5.88 Å². The van der Waals surface area contributed by atoms with Gasteiger partial charge in [-0.1, -0.05) is 89.0 Å². The molecule has 0 nitrogen and oxygen atoms in total. The van der Waals surface area contributed by atoms with Crippen molar-refractivity contribution in [2.24, 2.45) is 0 Å². The van der Waals surface area contributed by atoms with E-state index < -0.39 is 0 Å². The molecular formula is C19H35Cl. The van der Waals surface area contributed by atoms with Gasteiger partial charge in [0.2, 0.25) is 0 Å². The summed E-state index contributed by atoms with van der Waals surface area (Å²) in [5.74, 6) is 0.835. The van der Waals surface area contributed by atoms with Gasteiger partial charge >= 0.3 is 0 Å². The van der Waals surface area contributed by atoms with E-state index in [1.54, 1.807) is 0 Å². The second-order valence-electron chi connectivity index (χ2n) is 5.66. The van der Waals surface area contributed by atoms with Crippen molar-refractivity contribution < 1.29 is 0 Å². The maximum Gasteiger partial charge on any atom is 0.0223 e. The standard InChI is InChI=1S/C19H35Cl/c1-2-3-4-5-6-7-8-9-10-11-12-13-14-15-16-17-18-19-20/h5-8H,2-4,9-19H2,1H3/b6-5-,8-7+. The average molecular weight is 299 g/mol. The van der Waals surface area contributed by atoms with E-state index in [0.29, 0.717) is 0 Å². The Morgan fingerprint density at radius 3 is 1.55 bits per heavy atom. The molecule has 0 spiro atoms. The SMILES string of the molecule is CCCC/C=C\C=C\CCCCCCCCCCCCl. The summed E-state index contributed by atoms with van der Waals surface area (Å²) in [4.78, 5) is 0. The van der Waals surface area contributed by atoms with Gasteiger partial charge in [-0.05, 0) is 25.7 Å². The summed E-state index contributed by atoms with van der Waals surface area (Å²) in [5.41, 5.74) is 0. The van der Waals surface area contributed by atoms with Crippen LogP contribution in [0.25, 0.3) is 0 Å². The van der Waals surface area contributed by atoms with Crippen molar-refractivity contribution in [2.75, 3.05) is 5.88 Å². The monoisotopic (exact) mass is 298 g/mol. The van der Waals surface area contributed by atoms with Crippen molar-refractivity contribution in [2.45, 2.75) is 90.4 Å². The molecule has 0 aliphatic rings. The van der Waals surface area contributed by atoms with Crippen LogP contribution in [0.5, 0.6) is 0 Å². The summed E-state index contributed by atoms with van der Waals surface area (Å²) in [7, 11) is 0. The molecule has 0 atom stereocenters. The number of hydrogen-bond acceptors (Lipinski definition) is 0. The van der Waals surface area contributed by atoms with Crippen LogP contribution in [-0.2, 0) is 0 Å². The van der Waals surface area contributed by atoms with E-state index in [1.807, 2.05) is 0 Å². The van der Waals surface area contributed by atoms with Gasteiger partial charge in [-0.25, -0.2) is 0 Å². The Hall–Kier alpha value is -0.230. The van der Waals surface area contributed by atoms with E-state index in [0.717, 1.165) is 5.88 Å². The van der Waals surface area contributed by atoms with E-state index in [-0.39, 0.29) is 0 Å². The summed E-state index contributed by atoms with van der Waals surface area (Å²) in [5, 5.41) is 0. The Labute approximate surface area is 132 Å². The summed E-state index contributed by atoms with van der Waals surface area (Å²) >= 11 is 5.66. The molecule has 0 aliphatic heterocycles. The number of unbranched alkanes of at least 4 members (excludes halogenated alkanes) is 11. The first-order valence-electron chi connectivity index (χ1n) is 8.79. The first-order valence-corrected chi connectivity index (χ1v) is 9.33. The molecule has 0 fully saturated rings. The number of rotatable bonds is 15. The zero-order valence-electron chi connectivity index (χ0n) is 13.6. The topological polar surface area (TPSA) is 0 Å². The molecule has 0 aromatic carbocycles. The maximum absolute atomic E-state index is 5.66. The van der Waals surface area contributed by atoms with Gasteiger partial charge in [-0.15, -0.1) is 11.6 Å². The van der Waals surface area contributed by atoms with E-state index >= 15 is 0 Å². The minimum absolute atomic E-state index is 0.835. The molecule has 0 saturated carbocycles. The highest BCUT2D eigenvalue weighted by molar-refractivity contribution is 6.17. The molecule has 118 valence electrons. The number of alkyl halides is 1. The highest BCUT2D eigenvalue weighted by Gasteiger charge is 1.91. The van der Waals surface area contributed by atoms with Crippen molar-refractivity contribution in [1.29, 1.82) is 0 Å². The second kappa shape index (κ2) is 18.8. The largest absolute Gasteiger partial charge is 0.127 e. The third-order valence-corrected chi connectivity index (χ3v) is 3.88. The molecule has 0 bridgehead atoms. The van der Waals surface area contributed by atoms with Gasteiger partial charge in [0.1, 0.15) is 0 Å². The Bertz CT molecular complexity index is 218. The number of hydrogen-bond donors (Lipinski definition) is 0. The smallest absolute Gasteiger partial charge is 0.0223 e. The Morgan fingerprint density at radius 1 is 0.600 bits per heavy atom. The first-order chi connectivity index (χ1) is 9.91. The summed E-state index contributed by atoms with van der Waals surface area (Å²) in [6.07, 6.45) is 26.4. The van der Waals surface area contributed by atoms with E-state index in [4.69, 9.17) is 11.6 Å².